The molecule has 0 amide bonds. The van der Waals surface area contributed by atoms with Gasteiger partial charge >= 0.3 is 0 Å². The molecule has 0 radical (unpaired) electrons. The summed E-state index contributed by atoms with van der Waals surface area (Å²) in [7, 11) is 1.84. The van der Waals surface area contributed by atoms with E-state index in [2.05, 4.69) is 21.0 Å². The summed E-state index contributed by atoms with van der Waals surface area (Å²) in [6.45, 7) is 0. The maximum Gasteiger partial charge on any atom is 0.100 e. The molecule has 2 rings (SSSR count). The van der Waals surface area contributed by atoms with Crippen molar-refractivity contribution in [1.29, 1.82) is 0 Å². The van der Waals surface area contributed by atoms with Gasteiger partial charge in [-0.15, -0.1) is 11.3 Å². The molecule has 0 aliphatic carbocycles. The smallest absolute Gasteiger partial charge is 0.100 e. The highest BCUT2D eigenvalue weighted by molar-refractivity contribution is 9.10. The Morgan fingerprint density at radius 3 is 2.93 bits per heavy atom. The second-order valence-electron chi connectivity index (χ2n) is 3.29. The van der Waals surface area contributed by atoms with Crippen LogP contribution in [0.5, 0.6) is 0 Å². The molecular weight excluding hydrogens is 276 g/mol. The summed E-state index contributed by atoms with van der Waals surface area (Å²) < 4.78 is 2.76. The van der Waals surface area contributed by atoms with Gasteiger partial charge in [-0.3, -0.25) is 4.68 Å². The molecule has 1 atom stereocenters. The fourth-order valence-corrected chi connectivity index (χ4v) is 3.01. The third kappa shape index (κ3) is 2.30. The van der Waals surface area contributed by atoms with E-state index in [9.17, 15) is 5.11 Å². The van der Waals surface area contributed by atoms with Crippen molar-refractivity contribution in [1.82, 2.24) is 9.78 Å². The lowest BCUT2D eigenvalue weighted by atomic mass is 10.1. The van der Waals surface area contributed by atoms with Gasteiger partial charge in [0, 0.05) is 29.0 Å². The van der Waals surface area contributed by atoms with Gasteiger partial charge in [-0.2, -0.15) is 5.10 Å². The predicted molar refractivity (Wildman–Crippen MR) is 63.9 cm³/mol. The van der Waals surface area contributed by atoms with Gasteiger partial charge in [0.05, 0.1) is 5.69 Å². The van der Waals surface area contributed by atoms with E-state index in [0.29, 0.717) is 6.42 Å². The summed E-state index contributed by atoms with van der Waals surface area (Å²) >= 11 is 5.10. The molecule has 3 nitrogen and oxygen atoms in total. The van der Waals surface area contributed by atoms with Crippen LogP contribution < -0.4 is 0 Å². The summed E-state index contributed by atoms with van der Waals surface area (Å²) in [4.78, 5) is 1.16. The number of halogens is 1. The van der Waals surface area contributed by atoms with Gasteiger partial charge in [0.1, 0.15) is 6.10 Å². The van der Waals surface area contributed by atoms with Crippen molar-refractivity contribution in [2.45, 2.75) is 12.5 Å². The molecule has 1 unspecified atom stereocenters. The minimum atomic E-state index is -0.493. The first-order chi connectivity index (χ1) is 7.18. The maximum atomic E-state index is 10.0. The monoisotopic (exact) mass is 286 g/mol. The highest BCUT2D eigenvalue weighted by Crippen LogP contribution is 2.27. The number of aliphatic hydroxyl groups is 1. The van der Waals surface area contributed by atoms with Crippen LogP contribution in [-0.2, 0) is 13.5 Å². The Morgan fingerprint density at radius 2 is 2.40 bits per heavy atom. The third-order valence-electron chi connectivity index (χ3n) is 2.27. The Kier molecular flexibility index (Phi) is 3.23. The molecule has 0 aliphatic rings. The lowest BCUT2D eigenvalue weighted by Gasteiger charge is -2.09. The van der Waals surface area contributed by atoms with Crippen LogP contribution >= 0.6 is 27.3 Å². The zero-order valence-electron chi connectivity index (χ0n) is 8.22. The molecule has 1 N–H and O–H groups in total. The third-order valence-corrected chi connectivity index (χ3v) is 4.22. The van der Waals surface area contributed by atoms with Crippen molar-refractivity contribution in [2.75, 3.05) is 0 Å². The Hall–Kier alpha value is -0.650. The Bertz CT molecular complexity index is 452. The molecule has 0 saturated carbocycles. The van der Waals surface area contributed by atoms with E-state index in [1.165, 1.54) is 0 Å². The van der Waals surface area contributed by atoms with Gasteiger partial charge in [0.2, 0.25) is 0 Å². The number of nitrogens with zero attached hydrogens (tertiary/aromatic N) is 2. The molecule has 0 aliphatic heterocycles. The molecule has 2 aromatic heterocycles. The van der Waals surface area contributed by atoms with Crippen LogP contribution in [-0.4, -0.2) is 14.9 Å². The molecule has 0 spiro atoms. The van der Waals surface area contributed by atoms with E-state index in [1.807, 2.05) is 24.6 Å². The molecule has 0 bridgehead atoms. The van der Waals surface area contributed by atoms with Crippen molar-refractivity contribution in [2.24, 2.45) is 7.05 Å². The molecule has 15 heavy (non-hydrogen) atoms. The lowest BCUT2D eigenvalue weighted by molar-refractivity contribution is 0.169. The van der Waals surface area contributed by atoms with Crippen LogP contribution in [0.25, 0.3) is 0 Å². The Morgan fingerprint density at radius 1 is 1.60 bits per heavy atom. The first-order valence-electron chi connectivity index (χ1n) is 4.56. The van der Waals surface area contributed by atoms with Crippen LogP contribution in [0.1, 0.15) is 16.7 Å². The van der Waals surface area contributed by atoms with Gasteiger partial charge in [0.25, 0.3) is 0 Å². The van der Waals surface area contributed by atoms with Crippen LogP contribution in [0.4, 0.5) is 0 Å². The van der Waals surface area contributed by atoms with Crippen molar-refractivity contribution in [3.63, 3.8) is 0 Å². The fraction of sp³-hybridized carbons (Fsp3) is 0.300. The lowest BCUT2D eigenvalue weighted by Crippen LogP contribution is -2.07. The molecule has 0 fully saturated rings. The van der Waals surface area contributed by atoms with E-state index in [-0.39, 0.29) is 0 Å². The number of thiophene rings is 1. The van der Waals surface area contributed by atoms with Crippen LogP contribution in [0.3, 0.4) is 0 Å². The largest absolute Gasteiger partial charge is 0.386 e. The molecule has 0 saturated heterocycles. The average Bonchev–Trinajstić information content (AvgIpc) is 2.76. The van der Waals surface area contributed by atoms with E-state index in [1.54, 1.807) is 22.2 Å². The summed E-state index contributed by atoms with van der Waals surface area (Å²) in [6.07, 6.45) is 1.83. The summed E-state index contributed by atoms with van der Waals surface area (Å²) in [5, 5.41) is 16.1. The van der Waals surface area contributed by atoms with Crippen molar-refractivity contribution in [3.8, 4) is 0 Å². The molecule has 5 heteroatoms. The standard InChI is InChI=1S/C10H11BrN2OS/c1-13-8(2-4-12-13)9(14)6-10-7(11)3-5-15-10/h2-5,9,14H,6H2,1H3. The van der Waals surface area contributed by atoms with Crippen molar-refractivity contribution in [3.05, 3.63) is 38.8 Å². The second kappa shape index (κ2) is 4.47. The molecule has 2 aromatic rings. The second-order valence-corrected chi connectivity index (χ2v) is 5.15. The first kappa shape index (κ1) is 10.9. The number of aromatic nitrogens is 2. The number of aliphatic hydroxyl groups excluding tert-OH is 1. The normalized spacial score (nSPS) is 13.0. The SMILES string of the molecule is Cn1nccc1C(O)Cc1sccc1Br. The van der Waals surface area contributed by atoms with Gasteiger partial charge in [0.15, 0.2) is 0 Å². The highest BCUT2D eigenvalue weighted by atomic mass is 79.9. The van der Waals surface area contributed by atoms with Crippen LogP contribution in [0.2, 0.25) is 0 Å². The van der Waals surface area contributed by atoms with Gasteiger partial charge in [-0.25, -0.2) is 0 Å². The topological polar surface area (TPSA) is 38.0 Å². The van der Waals surface area contributed by atoms with Gasteiger partial charge in [-0.1, -0.05) is 0 Å². The zero-order valence-corrected chi connectivity index (χ0v) is 10.6. The molecule has 80 valence electrons. The first-order valence-corrected chi connectivity index (χ1v) is 6.23. The van der Waals surface area contributed by atoms with Crippen molar-refractivity contribution >= 4 is 27.3 Å². The van der Waals surface area contributed by atoms with Gasteiger partial charge < -0.3 is 5.11 Å². The van der Waals surface area contributed by atoms with E-state index >= 15 is 0 Å². The quantitative estimate of drug-likeness (QED) is 0.942. The summed E-state index contributed by atoms with van der Waals surface area (Å²) in [5.74, 6) is 0. The molecular formula is C10H11BrN2OS. The van der Waals surface area contributed by atoms with E-state index < -0.39 is 6.10 Å². The number of rotatable bonds is 3. The highest BCUT2D eigenvalue weighted by Gasteiger charge is 2.14. The van der Waals surface area contributed by atoms with Crippen LogP contribution in [0, 0.1) is 0 Å². The number of hydrogen-bond donors (Lipinski definition) is 1. The van der Waals surface area contributed by atoms with Crippen LogP contribution in [0.15, 0.2) is 28.2 Å². The fourth-order valence-electron chi connectivity index (χ4n) is 1.46. The average molecular weight is 287 g/mol. The van der Waals surface area contributed by atoms with Crippen molar-refractivity contribution < 1.29 is 5.11 Å². The maximum absolute atomic E-state index is 10.0. The van der Waals surface area contributed by atoms with E-state index in [4.69, 9.17) is 0 Å². The Labute approximate surface area is 100 Å². The predicted octanol–water partition coefficient (Wildman–Crippen LogP) is 2.52. The molecule has 0 aromatic carbocycles. The van der Waals surface area contributed by atoms with E-state index in [0.717, 1.165) is 15.0 Å². The summed E-state index contributed by atoms with van der Waals surface area (Å²) in [6, 6.07) is 3.84. The van der Waals surface area contributed by atoms with Gasteiger partial charge in [-0.05, 0) is 33.4 Å². The zero-order chi connectivity index (χ0) is 10.8. The minimum Gasteiger partial charge on any atom is -0.386 e. The number of hydrogen-bond acceptors (Lipinski definition) is 3. The molecule has 2 heterocycles. The Balaban J connectivity index is 2.14. The minimum absolute atomic E-state index is 0.493. The number of aryl methyl sites for hydroxylation is 1. The summed E-state index contributed by atoms with van der Waals surface area (Å²) in [5.41, 5.74) is 0.843.